The van der Waals surface area contributed by atoms with E-state index in [0.29, 0.717) is 12.1 Å². The Bertz CT molecular complexity index is 588. The molecule has 1 aliphatic heterocycles. The highest BCUT2D eigenvalue weighted by Gasteiger charge is 2.28. The van der Waals surface area contributed by atoms with Gasteiger partial charge >= 0.3 is 0 Å². The summed E-state index contributed by atoms with van der Waals surface area (Å²) in [4.78, 5) is 2.16. The first-order chi connectivity index (χ1) is 10.4. The van der Waals surface area contributed by atoms with E-state index >= 15 is 0 Å². The molecule has 1 atom stereocenters. The number of nitrogens with one attached hydrogen (secondary N) is 1. The molecule has 5 nitrogen and oxygen atoms in total. The number of benzene rings is 1. The van der Waals surface area contributed by atoms with Crippen molar-refractivity contribution in [2.75, 3.05) is 45.5 Å². The quantitative estimate of drug-likeness (QED) is 0.848. The lowest BCUT2D eigenvalue weighted by atomic mass is 10.0. The Kier molecular flexibility index (Phi) is 5.91. The molecule has 0 saturated carbocycles. The van der Waals surface area contributed by atoms with Gasteiger partial charge in [0.25, 0.3) is 0 Å². The van der Waals surface area contributed by atoms with E-state index in [1.54, 1.807) is 25.1 Å². The van der Waals surface area contributed by atoms with Gasteiger partial charge in [-0.3, -0.25) is 4.90 Å². The summed E-state index contributed by atoms with van der Waals surface area (Å²) in [5, 5.41) is 3.27. The highest BCUT2D eigenvalue weighted by atomic mass is 32.2. The van der Waals surface area contributed by atoms with Crippen LogP contribution in [0.2, 0.25) is 0 Å². The first-order valence-corrected chi connectivity index (χ1v) is 9.42. The van der Waals surface area contributed by atoms with Crippen LogP contribution in [0.3, 0.4) is 0 Å². The van der Waals surface area contributed by atoms with Gasteiger partial charge in [-0.05, 0) is 6.07 Å². The Morgan fingerprint density at radius 1 is 1.32 bits per heavy atom. The molecular weight excluding hydrogens is 305 g/mol. The van der Waals surface area contributed by atoms with Crippen molar-refractivity contribution in [3.05, 3.63) is 35.6 Å². The number of likely N-dealkylation sites (N-methyl/N-ethyl adjacent to an activating group) is 1. The number of nitrogens with zero attached hydrogens (tertiary/aromatic N) is 2. The van der Waals surface area contributed by atoms with Crippen molar-refractivity contribution in [2.24, 2.45) is 0 Å². The molecule has 1 aliphatic rings. The highest BCUT2D eigenvalue weighted by Crippen LogP contribution is 2.25. The molecule has 1 aromatic carbocycles. The van der Waals surface area contributed by atoms with Crippen LogP contribution in [0, 0.1) is 5.82 Å². The standard InChI is InChI=1S/C15H24FN3O2S/c1-3-19(22(2,20)21)12-15(18-10-8-17-9-11-18)13-6-4-5-7-14(13)16/h4-7,15,17H,3,8-12H2,1-2H3. The number of hydrogen-bond acceptors (Lipinski definition) is 4. The van der Waals surface area contributed by atoms with Crippen molar-refractivity contribution in [3.63, 3.8) is 0 Å². The lowest BCUT2D eigenvalue weighted by Gasteiger charge is -2.37. The Morgan fingerprint density at radius 2 is 1.95 bits per heavy atom. The molecule has 2 rings (SSSR count). The average Bonchev–Trinajstić information content (AvgIpc) is 2.49. The number of sulfonamides is 1. The summed E-state index contributed by atoms with van der Waals surface area (Å²) in [5.41, 5.74) is 0.562. The maximum atomic E-state index is 14.2. The lowest BCUT2D eigenvalue weighted by Crippen LogP contribution is -2.48. The number of hydrogen-bond donors (Lipinski definition) is 1. The molecule has 1 heterocycles. The van der Waals surface area contributed by atoms with Gasteiger partial charge in [0.05, 0.1) is 12.3 Å². The topological polar surface area (TPSA) is 52.6 Å². The molecule has 0 radical (unpaired) electrons. The molecule has 0 spiro atoms. The monoisotopic (exact) mass is 329 g/mol. The fraction of sp³-hybridized carbons (Fsp3) is 0.600. The molecule has 1 N–H and O–H groups in total. The highest BCUT2D eigenvalue weighted by molar-refractivity contribution is 7.88. The van der Waals surface area contributed by atoms with Gasteiger partial charge in [0, 0.05) is 44.8 Å². The summed E-state index contributed by atoms with van der Waals surface area (Å²) in [6, 6.07) is 6.36. The molecule has 0 amide bonds. The molecule has 7 heteroatoms. The van der Waals surface area contributed by atoms with E-state index in [-0.39, 0.29) is 18.4 Å². The predicted octanol–water partition coefficient (Wildman–Crippen LogP) is 1.05. The van der Waals surface area contributed by atoms with E-state index in [1.807, 2.05) is 0 Å². The van der Waals surface area contributed by atoms with Crippen molar-refractivity contribution in [3.8, 4) is 0 Å². The molecule has 0 bridgehead atoms. The minimum Gasteiger partial charge on any atom is -0.314 e. The maximum Gasteiger partial charge on any atom is 0.211 e. The average molecular weight is 329 g/mol. The third kappa shape index (κ3) is 4.25. The van der Waals surface area contributed by atoms with E-state index in [1.165, 1.54) is 16.6 Å². The van der Waals surface area contributed by atoms with Crippen LogP contribution in [0.25, 0.3) is 0 Å². The number of rotatable bonds is 6. The van der Waals surface area contributed by atoms with Gasteiger partial charge in [0.2, 0.25) is 10.0 Å². The van der Waals surface area contributed by atoms with Crippen LogP contribution in [0.15, 0.2) is 24.3 Å². The van der Waals surface area contributed by atoms with E-state index in [0.717, 1.165) is 26.2 Å². The van der Waals surface area contributed by atoms with E-state index in [9.17, 15) is 12.8 Å². The van der Waals surface area contributed by atoms with Crippen molar-refractivity contribution in [1.82, 2.24) is 14.5 Å². The second kappa shape index (κ2) is 7.50. The molecule has 1 aromatic rings. The van der Waals surface area contributed by atoms with Crippen LogP contribution in [-0.4, -0.2) is 63.1 Å². The minimum atomic E-state index is -3.30. The van der Waals surface area contributed by atoms with Gasteiger partial charge < -0.3 is 5.32 Å². The zero-order valence-corrected chi connectivity index (χ0v) is 13.9. The van der Waals surface area contributed by atoms with Crippen molar-refractivity contribution < 1.29 is 12.8 Å². The van der Waals surface area contributed by atoms with Crippen LogP contribution >= 0.6 is 0 Å². The molecule has 0 aliphatic carbocycles. The lowest BCUT2D eigenvalue weighted by molar-refractivity contribution is 0.150. The summed E-state index contributed by atoms with van der Waals surface area (Å²) in [5.74, 6) is -0.282. The number of halogens is 1. The van der Waals surface area contributed by atoms with Crippen molar-refractivity contribution in [2.45, 2.75) is 13.0 Å². The zero-order valence-electron chi connectivity index (χ0n) is 13.1. The van der Waals surface area contributed by atoms with Crippen molar-refractivity contribution >= 4 is 10.0 Å². The van der Waals surface area contributed by atoms with Gasteiger partial charge in [-0.2, -0.15) is 0 Å². The van der Waals surface area contributed by atoms with Crippen LogP contribution < -0.4 is 5.32 Å². The molecule has 22 heavy (non-hydrogen) atoms. The molecule has 124 valence electrons. The number of piperazine rings is 1. The van der Waals surface area contributed by atoms with Crippen LogP contribution in [0.4, 0.5) is 4.39 Å². The van der Waals surface area contributed by atoms with Gasteiger partial charge in [-0.25, -0.2) is 17.1 Å². The smallest absolute Gasteiger partial charge is 0.211 e. The second-order valence-electron chi connectivity index (χ2n) is 5.54. The Morgan fingerprint density at radius 3 is 2.50 bits per heavy atom. The van der Waals surface area contributed by atoms with Gasteiger partial charge in [0.1, 0.15) is 5.82 Å². The van der Waals surface area contributed by atoms with Gasteiger partial charge in [-0.1, -0.05) is 25.1 Å². The predicted molar refractivity (Wildman–Crippen MR) is 85.7 cm³/mol. The molecule has 1 unspecified atom stereocenters. The maximum absolute atomic E-state index is 14.2. The van der Waals surface area contributed by atoms with E-state index < -0.39 is 10.0 Å². The summed E-state index contributed by atoms with van der Waals surface area (Å²) in [7, 11) is -3.30. The summed E-state index contributed by atoms with van der Waals surface area (Å²) < 4.78 is 39.4. The first-order valence-electron chi connectivity index (χ1n) is 7.57. The molecular formula is C15H24FN3O2S. The summed E-state index contributed by atoms with van der Waals surface area (Å²) in [6.45, 7) is 5.68. The Labute approximate surface area is 132 Å². The van der Waals surface area contributed by atoms with Crippen molar-refractivity contribution in [1.29, 1.82) is 0 Å². The van der Waals surface area contributed by atoms with Gasteiger partial charge in [0.15, 0.2) is 0 Å². The second-order valence-corrected chi connectivity index (χ2v) is 7.52. The van der Waals surface area contributed by atoms with Crippen LogP contribution in [-0.2, 0) is 10.0 Å². The third-order valence-corrected chi connectivity index (χ3v) is 5.40. The zero-order chi connectivity index (χ0) is 16.2. The Balaban J connectivity index is 2.31. The third-order valence-electron chi connectivity index (χ3n) is 4.05. The minimum absolute atomic E-state index is 0.266. The fourth-order valence-corrected chi connectivity index (χ4v) is 3.72. The Hall–Kier alpha value is -1.02. The van der Waals surface area contributed by atoms with Crippen LogP contribution in [0.5, 0.6) is 0 Å². The van der Waals surface area contributed by atoms with E-state index in [2.05, 4.69) is 10.2 Å². The fourth-order valence-electron chi connectivity index (χ4n) is 2.84. The molecule has 0 aromatic heterocycles. The summed E-state index contributed by atoms with van der Waals surface area (Å²) >= 11 is 0. The van der Waals surface area contributed by atoms with Crippen LogP contribution in [0.1, 0.15) is 18.5 Å². The summed E-state index contributed by atoms with van der Waals surface area (Å²) in [6.07, 6.45) is 1.20. The SMILES string of the molecule is CCN(CC(c1ccccc1F)N1CCNCC1)S(C)(=O)=O. The molecule has 1 fully saturated rings. The van der Waals surface area contributed by atoms with Gasteiger partial charge in [-0.15, -0.1) is 0 Å². The largest absolute Gasteiger partial charge is 0.314 e. The normalized spacial score (nSPS) is 18.5. The van der Waals surface area contributed by atoms with E-state index in [4.69, 9.17) is 0 Å². The first kappa shape index (κ1) is 17.3. The molecule has 1 saturated heterocycles.